The third-order valence-electron chi connectivity index (χ3n) is 4.08. The molecule has 0 saturated carbocycles. The van der Waals surface area contributed by atoms with Gasteiger partial charge in [0.25, 0.3) is 5.91 Å². The lowest BCUT2D eigenvalue weighted by Gasteiger charge is -2.19. The molecule has 27 heavy (non-hydrogen) atoms. The van der Waals surface area contributed by atoms with Crippen LogP contribution in [0.3, 0.4) is 0 Å². The second-order valence-electron chi connectivity index (χ2n) is 5.89. The molecule has 0 saturated heterocycles. The Labute approximate surface area is 156 Å². The lowest BCUT2D eigenvalue weighted by molar-refractivity contribution is -0.151. The van der Waals surface area contributed by atoms with Gasteiger partial charge in [-0.15, -0.1) is 5.10 Å². The number of carbonyl (C=O) groups is 2. The van der Waals surface area contributed by atoms with Gasteiger partial charge >= 0.3 is 5.97 Å². The fourth-order valence-electron chi connectivity index (χ4n) is 2.55. The lowest BCUT2D eigenvalue weighted by atomic mass is 10.1. The molecule has 1 atom stereocenters. The molecule has 1 heterocycles. The second kappa shape index (κ2) is 8.70. The van der Waals surface area contributed by atoms with Crippen LogP contribution in [0.25, 0.3) is 0 Å². The van der Waals surface area contributed by atoms with Gasteiger partial charge in [0.2, 0.25) is 0 Å². The minimum absolute atomic E-state index is 0.329. The normalized spacial score (nSPS) is 11.6. The quantitative estimate of drug-likeness (QED) is 0.592. The highest BCUT2D eigenvalue weighted by molar-refractivity contribution is 5.94. The number of nitrogens with zero attached hydrogens (tertiary/aromatic N) is 5. The van der Waals surface area contributed by atoms with Crippen molar-refractivity contribution in [3.05, 3.63) is 72.6 Å². The molecule has 3 rings (SSSR count). The van der Waals surface area contributed by atoms with E-state index in [-0.39, 0.29) is 12.5 Å². The van der Waals surface area contributed by atoms with E-state index in [2.05, 4.69) is 15.5 Å². The number of anilines is 1. The topological polar surface area (TPSA) is 90.2 Å². The number of para-hydroxylation sites is 1. The number of esters is 1. The number of aromatic nitrogens is 4. The van der Waals surface area contributed by atoms with Gasteiger partial charge in [0.15, 0.2) is 12.6 Å². The standard InChI is InChI=1S/C19H19N5O3/c1-23(16-10-6-3-7-11-16)18(25)13-27-19(26)17(24-14-20-21-22-24)12-15-8-4-2-5-9-15/h2-11,14,17H,12-13H2,1H3/t17-/m1/s1. The summed E-state index contributed by atoms with van der Waals surface area (Å²) in [5, 5.41) is 11.0. The van der Waals surface area contributed by atoms with Gasteiger partial charge in [-0.3, -0.25) is 4.79 Å². The highest BCUT2D eigenvalue weighted by Gasteiger charge is 2.25. The van der Waals surface area contributed by atoms with Gasteiger partial charge in [-0.25, -0.2) is 9.48 Å². The number of likely N-dealkylation sites (N-methyl/N-ethyl adjacent to an activating group) is 1. The van der Waals surface area contributed by atoms with Crippen LogP contribution in [0.2, 0.25) is 0 Å². The highest BCUT2D eigenvalue weighted by atomic mass is 16.5. The first-order valence-electron chi connectivity index (χ1n) is 8.40. The van der Waals surface area contributed by atoms with Gasteiger partial charge in [0, 0.05) is 19.2 Å². The zero-order valence-electron chi connectivity index (χ0n) is 14.8. The summed E-state index contributed by atoms with van der Waals surface area (Å²) in [4.78, 5) is 26.4. The van der Waals surface area contributed by atoms with E-state index in [1.807, 2.05) is 48.5 Å². The molecule has 0 aliphatic carbocycles. The number of ether oxygens (including phenoxy) is 1. The smallest absolute Gasteiger partial charge is 0.331 e. The van der Waals surface area contributed by atoms with E-state index >= 15 is 0 Å². The molecule has 1 aromatic heterocycles. The average Bonchev–Trinajstić information content (AvgIpc) is 3.25. The van der Waals surface area contributed by atoms with Crippen LogP contribution in [0.4, 0.5) is 5.69 Å². The van der Waals surface area contributed by atoms with Gasteiger partial charge in [0.05, 0.1) is 0 Å². The Kier molecular flexibility index (Phi) is 5.88. The number of benzene rings is 2. The summed E-state index contributed by atoms with van der Waals surface area (Å²) < 4.78 is 6.59. The molecular formula is C19H19N5O3. The van der Waals surface area contributed by atoms with Crippen molar-refractivity contribution in [2.24, 2.45) is 0 Å². The summed E-state index contributed by atoms with van der Waals surface area (Å²) in [6.45, 7) is -0.363. The van der Waals surface area contributed by atoms with Crippen molar-refractivity contribution in [3.8, 4) is 0 Å². The van der Waals surface area contributed by atoms with Crippen LogP contribution in [0.15, 0.2) is 67.0 Å². The Bertz CT molecular complexity index is 869. The first-order valence-corrected chi connectivity index (χ1v) is 8.40. The van der Waals surface area contributed by atoms with E-state index in [4.69, 9.17) is 4.74 Å². The maximum absolute atomic E-state index is 12.6. The zero-order valence-corrected chi connectivity index (χ0v) is 14.8. The van der Waals surface area contributed by atoms with Crippen molar-refractivity contribution in [3.63, 3.8) is 0 Å². The molecule has 3 aromatic rings. The van der Waals surface area contributed by atoms with Crippen molar-refractivity contribution in [2.75, 3.05) is 18.6 Å². The van der Waals surface area contributed by atoms with E-state index in [1.165, 1.54) is 15.9 Å². The first kappa shape index (κ1) is 18.2. The summed E-state index contributed by atoms with van der Waals surface area (Å²) in [5.41, 5.74) is 1.66. The highest BCUT2D eigenvalue weighted by Crippen LogP contribution is 2.16. The molecule has 0 fully saturated rings. The Hall–Kier alpha value is -3.55. The molecule has 138 valence electrons. The van der Waals surface area contributed by atoms with E-state index in [0.29, 0.717) is 6.42 Å². The largest absolute Gasteiger partial charge is 0.454 e. The van der Waals surface area contributed by atoms with Crippen molar-refractivity contribution in [1.29, 1.82) is 0 Å². The maximum atomic E-state index is 12.6. The van der Waals surface area contributed by atoms with E-state index in [1.54, 1.807) is 19.2 Å². The van der Waals surface area contributed by atoms with Gasteiger partial charge in [-0.1, -0.05) is 48.5 Å². The molecule has 0 aliphatic heterocycles. The Morgan fingerprint density at radius 1 is 1.07 bits per heavy atom. The number of amides is 1. The fourth-order valence-corrected chi connectivity index (χ4v) is 2.55. The Balaban J connectivity index is 1.65. The molecule has 0 radical (unpaired) electrons. The number of hydrogen-bond acceptors (Lipinski definition) is 6. The molecule has 0 spiro atoms. The molecule has 0 aliphatic rings. The number of hydrogen-bond donors (Lipinski definition) is 0. The van der Waals surface area contributed by atoms with Gasteiger partial charge in [-0.2, -0.15) is 0 Å². The summed E-state index contributed by atoms with van der Waals surface area (Å²) in [7, 11) is 1.63. The van der Waals surface area contributed by atoms with Gasteiger partial charge < -0.3 is 9.64 Å². The zero-order chi connectivity index (χ0) is 19.1. The number of rotatable bonds is 7. The second-order valence-corrected chi connectivity index (χ2v) is 5.89. The molecule has 8 nitrogen and oxygen atoms in total. The number of carbonyl (C=O) groups excluding carboxylic acids is 2. The van der Waals surface area contributed by atoms with Crippen molar-refractivity contribution >= 4 is 17.6 Å². The van der Waals surface area contributed by atoms with Gasteiger partial charge in [-0.05, 0) is 28.1 Å². The van der Waals surface area contributed by atoms with E-state index < -0.39 is 12.0 Å². The van der Waals surface area contributed by atoms with Crippen LogP contribution in [0, 0.1) is 0 Å². The monoisotopic (exact) mass is 365 g/mol. The van der Waals surface area contributed by atoms with Crippen LogP contribution < -0.4 is 4.90 Å². The van der Waals surface area contributed by atoms with E-state index in [9.17, 15) is 9.59 Å². The summed E-state index contributed by atoms with van der Waals surface area (Å²) >= 11 is 0. The third kappa shape index (κ3) is 4.75. The lowest BCUT2D eigenvalue weighted by Crippen LogP contribution is -2.33. The fraction of sp³-hybridized carbons (Fsp3) is 0.211. The van der Waals surface area contributed by atoms with Crippen molar-refractivity contribution in [2.45, 2.75) is 12.5 Å². The predicted octanol–water partition coefficient (Wildman–Crippen LogP) is 1.66. The molecule has 1 amide bonds. The molecular weight excluding hydrogens is 346 g/mol. The summed E-state index contributed by atoms with van der Waals surface area (Å²) in [5.74, 6) is -0.898. The number of tetrazole rings is 1. The molecule has 2 aromatic carbocycles. The minimum Gasteiger partial charge on any atom is -0.454 e. The minimum atomic E-state index is -0.753. The van der Waals surface area contributed by atoms with Crippen LogP contribution in [0.5, 0.6) is 0 Å². The van der Waals surface area contributed by atoms with Crippen molar-refractivity contribution in [1.82, 2.24) is 20.2 Å². The molecule has 0 bridgehead atoms. The Morgan fingerprint density at radius 3 is 2.37 bits per heavy atom. The van der Waals surface area contributed by atoms with Crippen LogP contribution in [-0.4, -0.2) is 45.7 Å². The van der Waals surface area contributed by atoms with E-state index in [0.717, 1.165) is 11.3 Å². The van der Waals surface area contributed by atoms with Crippen LogP contribution in [0.1, 0.15) is 11.6 Å². The van der Waals surface area contributed by atoms with Crippen molar-refractivity contribution < 1.29 is 14.3 Å². The molecule has 0 unspecified atom stereocenters. The average molecular weight is 365 g/mol. The Morgan fingerprint density at radius 2 is 1.74 bits per heavy atom. The predicted molar refractivity (Wildman–Crippen MR) is 97.8 cm³/mol. The summed E-state index contributed by atoms with van der Waals surface area (Å²) in [6, 6.07) is 17.9. The van der Waals surface area contributed by atoms with Crippen LogP contribution >= 0.6 is 0 Å². The molecule has 0 N–H and O–H groups in total. The maximum Gasteiger partial charge on any atom is 0.331 e. The summed E-state index contributed by atoms with van der Waals surface area (Å²) in [6.07, 6.45) is 1.71. The third-order valence-corrected chi connectivity index (χ3v) is 4.08. The van der Waals surface area contributed by atoms with Gasteiger partial charge in [0.1, 0.15) is 6.33 Å². The molecule has 8 heteroatoms. The SMILES string of the molecule is CN(C(=O)COC(=O)[C@@H](Cc1ccccc1)n1cnnn1)c1ccccc1. The van der Waals surface area contributed by atoms with Crippen LogP contribution in [-0.2, 0) is 20.7 Å². The first-order chi connectivity index (χ1) is 13.1.